The van der Waals surface area contributed by atoms with Gasteiger partial charge >= 0.3 is 6.03 Å². The Morgan fingerprint density at radius 2 is 1.91 bits per heavy atom. The number of anilines is 1. The molecule has 0 unspecified atom stereocenters. The van der Waals surface area contributed by atoms with Crippen LogP contribution in [-0.4, -0.2) is 47.4 Å². The summed E-state index contributed by atoms with van der Waals surface area (Å²) < 4.78 is 0. The van der Waals surface area contributed by atoms with E-state index in [4.69, 9.17) is 0 Å². The number of hydrogen-bond acceptors (Lipinski definition) is 2. The minimum Gasteiger partial charge on any atom is -0.324 e. The first-order chi connectivity index (χ1) is 11.1. The van der Waals surface area contributed by atoms with Crippen molar-refractivity contribution >= 4 is 28.4 Å². The lowest BCUT2D eigenvalue weighted by Gasteiger charge is -2.29. The average Bonchev–Trinajstić information content (AvgIpc) is 2.80. The number of carbonyl (C=O) groups excluding carboxylic acids is 2. The van der Waals surface area contributed by atoms with Gasteiger partial charge in [0, 0.05) is 24.7 Å². The van der Waals surface area contributed by atoms with Crippen LogP contribution in [0.15, 0.2) is 42.5 Å². The van der Waals surface area contributed by atoms with Crippen molar-refractivity contribution in [1.29, 1.82) is 0 Å². The summed E-state index contributed by atoms with van der Waals surface area (Å²) >= 11 is 0. The summed E-state index contributed by atoms with van der Waals surface area (Å²) in [5, 5.41) is 5.13. The van der Waals surface area contributed by atoms with Gasteiger partial charge in [-0.1, -0.05) is 36.4 Å². The summed E-state index contributed by atoms with van der Waals surface area (Å²) in [5.41, 5.74) is 0.801. The van der Waals surface area contributed by atoms with Crippen molar-refractivity contribution in [3.63, 3.8) is 0 Å². The maximum Gasteiger partial charge on any atom is 0.320 e. The predicted molar refractivity (Wildman–Crippen MR) is 89.3 cm³/mol. The van der Waals surface area contributed by atoms with Crippen molar-refractivity contribution in [2.45, 2.75) is 24.9 Å². The molecule has 2 bridgehead atoms. The first-order valence-electron chi connectivity index (χ1n) is 7.97. The smallest absolute Gasteiger partial charge is 0.320 e. The third-order valence-electron chi connectivity index (χ3n) is 5.00. The van der Waals surface area contributed by atoms with Crippen LogP contribution in [-0.2, 0) is 4.79 Å². The highest BCUT2D eigenvalue weighted by Crippen LogP contribution is 2.30. The van der Waals surface area contributed by atoms with Crippen LogP contribution < -0.4 is 5.32 Å². The van der Waals surface area contributed by atoms with Crippen LogP contribution in [0, 0.1) is 0 Å². The van der Waals surface area contributed by atoms with Crippen LogP contribution in [0.3, 0.4) is 0 Å². The number of rotatable bonds is 2. The highest BCUT2D eigenvalue weighted by molar-refractivity contribution is 6.04. The van der Waals surface area contributed by atoms with Crippen LogP contribution >= 0.6 is 0 Å². The molecule has 118 valence electrons. The van der Waals surface area contributed by atoms with Crippen molar-refractivity contribution in [3.8, 4) is 0 Å². The molecule has 4 rings (SSSR count). The molecular weight excluding hydrogens is 290 g/mol. The standard InChI is InChI=1S/C18H19N3O2/c1-20-13-9-10-16(21(11-13)18(20)23)17(22)19-15-8-4-6-12-5-2-3-7-14(12)15/h2-8,13,16H,9-11H2,1H3,(H,19,22)/t13-,16+/m1/s1. The molecule has 2 aliphatic heterocycles. The predicted octanol–water partition coefficient (Wildman–Crippen LogP) is 2.68. The van der Waals surface area contributed by atoms with Crippen LogP contribution in [0.1, 0.15) is 12.8 Å². The Labute approximate surface area is 134 Å². The van der Waals surface area contributed by atoms with Crippen molar-refractivity contribution < 1.29 is 9.59 Å². The molecule has 2 aliphatic rings. The number of amides is 3. The normalized spacial score (nSPS) is 23.4. The number of hydrogen-bond donors (Lipinski definition) is 1. The third kappa shape index (κ3) is 2.23. The molecule has 0 aromatic heterocycles. The maximum absolute atomic E-state index is 12.7. The SMILES string of the molecule is CN1C(=O)N2C[C@H]1CC[C@H]2C(=O)Nc1cccc2ccccc12. The van der Waals surface area contributed by atoms with Crippen molar-refractivity contribution in [1.82, 2.24) is 9.80 Å². The second-order valence-electron chi connectivity index (χ2n) is 6.31. The summed E-state index contributed by atoms with van der Waals surface area (Å²) in [6.07, 6.45) is 1.60. The number of nitrogens with one attached hydrogen (secondary N) is 1. The maximum atomic E-state index is 12.7. The zero-order chi connectivity index (χ0) is 16.0. The third-order valence-corrected chi connectivity index (χ3v) is 5.00. The Bertz CT molecular complexity index is 783. The molecule has 2 fully saturated rings. The lowest BCUT2D eigenvalue weighted by atomic mass is 9.99. The van der Waals surface area contributed by atoms with Gasteiger partial charge in [0.05, 0.1) is 6.04 Å². The largest absolute Gasteiger partial charge is 0.324 e. The Kier molecular flexibility index (Phi) is 3.22. The van der Waals surface area contributed by atoms with Gasteiger partial charge in [-0.2, -0.15) is 0 Å². The van der Waals surface area contributed by atoms with E-state index in [9.17, 15) is 9.59 Å². The molecular formula is C18H19N3O2. The minimum absolute atomic E-state index is 0.0365. The van der Waals surface area contributed by atoms with Gasteiger partial charge in [0.2, 0.25) is 5.91 Å². The molecule has 2 saturated heterocycles. The Morgan fingerprint density at radius 3 is 2.78 bits per heavy atom. The number of carbonyl (C=O) groups is 2. The highest BCUT2D eigenvalue weighted by Gasteiger charge is 2.45. The molecule has 2 heterocycles. The molecule has 2 aromatic carbocycles. The number of benzene rings is 2. The van der Waals surface area contributed by atoms with E-state index in [2.05, 4.69) is 5.32 Å². The van der Waals surface area contributed by atoms with Gasteiger partial charge in [0.1, 0.15) is 6.04 Å². The Morgan fingerprint density at radius 1 is 1.13 bits per heavy atom. The lowest BCUT2D eigenvalue weighted by molar-refractivity contribution is -0.120. The van der Waals surface area contributed by atoms with Crippen molar-refractivity contribution in [2.75, 3.05) is 18.9 Å². The van der Waals surface area contributed by atoms with Gasteiger partial charge in [-0.3, -0.25) is 4.79 Å². The van der Waals surface area contributed by atoms with Gasteiger partial charge in [-0.15, -0.1) is 0 Å². The molecule has 5 nitrogen and oxygen atoms in total. The van der Waals surface area contributed by atoms with Gasteiger partial charge in [-0.05, 0) is 24.3 Å². The molecule has 0 radical (unpaired) electrons. The molecule has 3 amide bonds. The molecule has 1 N–H and O–H groups in total. The number of nitrogens with zero attached hydrogens (tertiary/aromatic N) is 2. The second kappa shape index (κ2) is 5.26. The van der Waals surface area contributed by atoms with E-state index in [1.165, 1.54) is 0 Å². The fourth-order valence-corrected chi connectivity index (χ4v) is 3.66. The number of likely N-dealkylation sites (N-methyl/N-ethyl adjacent to an activating group) is 1. The van der Waals surface area contributed by atoms with Crippen LogP contribution in [0.2, 0.25) is 0 Å². The van der Waals surface area contributed by atoms with Gasteiger partial charge in [0.25, 0.3) is 0 Å². The van der Waals surface area contributed by atoms with E-state index < -0.39 is 0 Å². The fraction of sp³-hybridized carbons (Fsp3) is 0.333. The number of fused-ring (bicyclic) bond motifs is 3. The fourth-order valence-electron chi connectivity index (χ4n) is 3.66. The van der Waals surface area contributed by atoms with Crippen LogP contribution in [0.25, 0.3) is 10.8 Å². The summed E-state index contributed by atoms with van der Waals surface area (Å²) in [7, 11) is 1.82. The average molecular weight is 309 g/mol. The van der Waals surface area contributed by atoms with Gasteiger partial charge in [0.15, 0.2) is 0 Å². The van der Waals surface area contributed by atoms with E-state index in [0.29, 0.717) is 6.54 Å². The first kappa shape index (κ1) is 14.1. The van der Waals surface area contributed by atoms with E-state index in [1.54, 1.807) is 9.80 Å². The molecule has 2 aromatic rings. The quantitative estimate of drug-likeness (QED) is 0.927. The molecule has 0 saturated carbocycles. The summed E-state index contributed by atoms with van der Waals surface area (Å²) in [6, 6.07) is 13.7. The van der Waals surface area contributed by atoms with E-state index in [-0.39, 0.29) is 24.0 Å². The van der Waals surface area contributed by atoms with E-state index >= 15 is 0 Å². The van der Waals surface area contributed by atoms with E-state index in [1.807, 2.05) is 49.5 Å². The molecule has 5 heteroatoms. The highest BCUT2D eigenvalue weighted by atomic mass is 16.2. The monoisotopic (exact) mass is 309 g/mol. The minimum atomic E-state index is -0.373. The molecule has 23 heavy (non-hydrogen) atoms. The molecule has 2 atom stereocenters. The molecule has 0 aliphatic carbocycles. The van der Waals surface area contributed by atoms with Gasteiger partial charge in [-0.25, -0.2) is 4.79 Å². The zero-order valence-corrected chi connectivity index (χ0v) is 13.0. The zero-order valence-electron chi connectivity index (χ0n) is 13.0. The van der Waals surface area contributed by atoms with Crippen LogP contribution in [0.5, 0.6) is 0 Å². The number of urea groups is 1. The van der Waals surface area contributed by atoms with E-state index in [0.717, 1.165) is 29.3 Å². The van der Waals surface area contributed by atoms with Crippen LogP contribution in [0.4, 0.5) is 10.5 Å². The topological polar surface area (TPSA) is 52.7 Å². The first-order valence-corrected chi connectivity index (χ1v) is 7.97. The summed E-state index contributed by atoms with van der Waals surface area (Å²) in [4.78, 5) is 28.4. The second-order valence-corrected chi connectivity index (χ2v) is 6.31. The Hall–Kier alpha value is -2.56. The Balaban J connectivity index is 1.59. The lowest BCUT2D eigenvalue weighted by Crippen LogP contribution is -2.47. The summed E-state index contributed by atoms with van der Waals surface area (Å²) in [6.45, 7) is 0.656. The van der Waals surface area contributed by atoms with Gasteiger partial charge < -0.3 is 15.1 Å². The number of piperidine rings is 1. The van der Waals surface area contributed by atoms with Crippen molar-refractivity contribution in [2.24, 2.45) is 0 Å². The summed E-state index contributed by atoms with van der Waals surface area (Å²) in [5.74, 6) is -0.0940. The van der Waals surface area contributed by atoms with Crippen molar-refractivity contribution in [3.05, 3.63) is 42.5 Å². The molecule has 0 spiro atoms.